The van der Waals surface area contributed by atoms with Crippen LogP contribution in [0.5, 0.6) is 0 Å². The SMILES string of the molecule is COC(=O)[C@@H](COC(C)(C)C)NC(=O)OC(C)(C)C. The number of methoxy groups -OCH3 is 1. The molecule has 6 nitrogen and oxygen atoms in total. The summed E-state index contributed by atoms with van der Waals surface area (Å²) < 4.78 is 15.2. The molecule has 0 aromatic rings. The van der Waals surface area contributed by atoms with Crippen LogP contribution in [0.2, 0.25) is 0 Å². The molecule has 6 heteroatoms. The summed E-state index contributed by atoms with van der Waals surface area (Å²) in [6.07, 6.45) is -0.680. The summed E-state index contributed by atoms with van der Waals surface area (Å²) in [7, 11) is 1.25. The molecule has 0 aromatic heterocycles. The van der Waals surface area contributed by atoms with Crippen molar-refractivity contribution in [2.45, 2.75) is 58.8 Å². The van der Waals surface area contributed by atoms with Gasteiger partial charge in [-0.05, 0) is 41.5 Å². The average molecular weight is 275 g/mol. The molecular weight excluding hydrogens is 250 g/mol. The van der Waals surface area contributed by atoms with E-state index in [4.69, 9.17) is 9.47 Å². The molecule has 0 heterocycles. The van der Waals surface area contributed by atoms with E-state index in [0.29, 0.717) is 0 Å². The summed E-state index contributed by atoms with van der Waals surface area (Å²) in [5.41, 5.74) is -1.04. The number of carbonyl (C=O) groups excluding carboxylic acids is 2. The molecule has 0 saturated heterocycles. The summed E-state index contributed by atoms with van der Waals surface area (Å²) in [6, 6.07) is -0.890. The number of alkyl carbamates (subject to hydrolysis) is 1. The van der Waals surface area contributed by atoms with E-state index in [1.165, 1.54) is 7.11 Å². The number of nitrogens with one attached hydrogen (secondary N) is 1. The van der Waals surface area contributed by atoms with Crippen molar-refractivity contribution in [2.24, 2.45) is 0 Å². The fourth-order valence-electron chi connectivity index (χ4n) is 1.09. The molecule has 0 radical (unpaired) electrons. The lowest BCUT2D eigenvalue weighted by Crippen LogP contribution is -2.47. The Labute approximate surface area is 114 Å². The Balaban J connectivity index is 4.52. The Kier molecular flexibility index (Phi) is 6.29. The van der Waals surface area contributed by atoms with Gasteiger partial charge < -0.3 is 19.5 Å². The highest BCUT2D eigenvalue weighted by Crippen LogP contribution is 2.09. The van der Waals surface area contributed by atoms with E-state index in [1.807, 2.05) is 20.8 Å². The first kappa shape index (κ1) is 17.7. The van der Waals surface area contributed by atoms with Crippen LogP contribution in [0.3, 0.4) is 0 Å². The molecule has 0 unspecified atom stereocenters. The van der Waals surface area contributed by atoms with Gasteiger partial charge in [0.2, 0.25) is 0 Å². The number of esters is 1. The molecule has 0 rings (SSSR count). The monoisotopic (exact) mass is 275 g/mol. The van der Waals surface area contributed by atoms with Crippen molar-refractivity contribution in [3.63, 3.8) is 0 Å². The summed E-state index contributed by atoms with van der Waals surface area (Å²) in [5.74, 6) is -0.574. The summed E-state index contributed by atoms with van der Waals surface area (Å²) >= 11 is 0. The van der Waals surface area contributed by atoms with Gasteiger partial charge in [0.05, 0.1) is 19.3 Å². The van der Waals surface area contributed by atoms with Gasteiger partial charge in [-0.1, -0.05) is 0 Å². The third-order valence-corrected chi connectivity index (χ3v) is 1.86. The van der Waals surface area contributed by atoms with Gasteiger partial charge in [-0.15, -0.1) is 0 Å². The smallest absolute Gasteiger partial charge is 0.408 e. The zero-order valence-electron chi connectivity index (χ0n) is 12.8. The van der Waals surface area contributed by atoms with Crippen molar-refractivity contribution in [3.05, 3.63) is 0 Å². The zero-order chi connectivity index (χ0) is 15.3. The lowest BCUT2D eigenvalue weighted by molar-refractivity contribution is -0.146. The maximum atomic E-state index is 11.6. The summed E-state index contributed by atoms with van der Waals surface area (Å²) in [4.78, 5) is 23.2. The highest BCUT2D eigenvalue weighted by molar-refractivity contribution is 5.81. The first-order chi connectivity index (χ1) is 8.44. The van der Waals surface area contributed by atoms with E-state index < -0.39 is 29.3 Å². The molecule has 0 aliphatic carbocycles. The maximum absolute atomic E-state index is 11.6. The van der Waals surface area contributed by atoms with Crippen LogP contribution < -0.4 is 5.32 Å². The second kappa shape index (κ2) is 6.75. The van der Waals surface area contributed by atoms with Crippen LogP contribution in [0.15, 0.2) is 0 Å². The van der Waals surface area contributed by atoms with Gasteiger partial charge in [0.25, 0.3) is 0 Å². The van der Waals surface area contributed by atoms with Gasteiger partial charge in [-0.3, -0.25) is 0 Å². The molecule has 0 bridgehead atoms. The summed E-state index contributed by atoms with van der Waals surface area (Å²) in [5, 5.41) is 2.44. The van der Waals surface area contributed by atoms with E-state index in [0.717, 1.165) is 0 Å². The van der Waals surface area contributed by atoms with Crippen molar-refractivity contribution in [3.8, 4) is 0 Å². The van der Waals surface area contributed by atoms with Gasteiger partial charge in [-0.2, -0.15) is 0 Å². The molecule has 1 amide bonds. The number of hydrogen-bond donors (Lipinski definition) is 1. The normalized spacial score (nSPS) is 13.6. The number of amides is 1. The van der Waals surface area contributed by atoms with Gasteiger partial charge in [0.15, 0.2) is 6.04 Å². The Morgan fingerprint density at radius 3 is 1.95 bits per heavy atom. The molecule has 112 valence electrons. The van der Waals surface area contributed by atoms with E-state index in [-0.39, 0.29) is 6.61 Å². The van der Waals surface area contributed by atoms with Gasteiger partial charge in [0.1, 0.15) is 5.60 Å². The molecule has 0 aromatic carbocycles. The first-order valence-corrected chi connectivity index (χ1v) is 6.16. The molecule has 0 aliphatic rings. The Morgan fingerprint density at radius 1 is 1.05 bits per heavy atom. The Bertz CT molecular complexity index is 314. The van der Waals surface area contributed by atoms with Crippen LogP contribution in [0.4, 0.5) is 4.79 Å². The molecule has 1 N–H and O–H groups in total. The molecule has 0 fully saturated rings. The van der Waals surface area contributed by atoms with Crippen molar-refractivity contribution in [2.75, 3.05) is 13.7 Å². The Morgan fingerprint density at radius 2 is 1.58 bits per heavy atom. The number of ether oxygens (including phenoxy) is 3. The molecule has 0 aliphatic heterocycles. The minimum atomic E-state index is -0.890. The molecule has 0 spiro atoms. The van der Waals surface area contributed by atoms with Crippen molar-refractivity contribution >= 4 is 12.1 Å². The zero-order valence-corrected chi connectivity index (χ0v) is 12.8. The van der Waals surface area contributed by atoms with Crippen LogP contribution in [-0.2, 0) is 19.0 Å². The topological polar surface area (TPSA) is 73.9 Å². The predicted molar refractivity (Wildman–Crippen MR) is 70.9 cm³/mol. The molecule has 1 atom stereocenters. The van der Waals surface area contributed by atoms with Gasteiger partial charge in [0, 0.05) is 0 Å². The molecule has 0 saturated carbocycles. The van der Waals surface area contributed by atoms with Crippen LogP contribution in [0.25, 0.3) is 0 Å². The van der Waals surface area contributed by atoms with Crippen LogP contribution in [-0.4, -0.2) is 43.0 Å². The van der Waals surface area contributed by atoms with E-state index >= 15 is 0 Å². The Hall–Kier alpha value is -1.30. The standard InChI is InChI=1S/C13H25NO5/c1-12(2,3)18-8-9(10(15)17-7)14-11(16)19-13(4,5)6/h9H,8H2,1-7H3,(H,14,16)/t9-/m1/s1. The fourth-order valence-corrected chi connectivity index (χ4v) is 1.09. The highest BCUT2D eigenvalue weighted by atomic mass is 16.6. The van der Waals surface area contributed by atoms with Crippen LogP contribution in [0.1, 0.15) is 41.5 Å². The number of hydrogen-bond acceptors (Lipinski definition) is 5. The number of carbonyl (C=O) groups is 2. The lowest BCUT2D eigenvalue weighted by atomic mass is 10.2. The molecule has 19 heavy (non-hydrogen) atoms. The van der Waals surface area contributed by atoms with Gasteiger partial charge >= 0.3 is 12.1 Å². The largest absolute Gasteiger partial charge is 0.467 e. The van der Waals surface area contributed by atoms with Crippen molar-refractivity contribution in [1.82, 2.24) is 5.32 Å². The average Bonchev–Trinajstić information content (AvgIpc) is 2.19. The highest BCUT2D eigenvalue weighted by Gasteiger charge is 2.26. The third kappa shape index (κ3) is 9.30. The third-order valence-electron chi connectivity index (χ3n) is 1.86. The van der Waals surface area contributed by atoms with Crippen LogP contribution in [0, 0.1) is 0 Å². The van der Waals surface area contributed by atoms with Crippen molar-refractivity contribution < 1.29 is 23.8 Å². The number of rotatable bonds is 4. The maximum Gasteiger partial charge on any atom is 0.408 e. The van der Waals surface area contributed by atoms with E-state index in [9.17, 15) is 9.59 Å². The predicted octanol–water partition coefficient (Wildman–Crippen LogP) is 1.87. The van der Waals surface area contributed by atoms with Gasteiger partial charge in [-0.25, -0.2) is 9.59 Å². The molecular formula is C13H25NO5. The second-order valence-electron chi connectivity index (χ2n) is 6.15. The minimum Gasteiger partial charge on any atom is -0.467 e. The van der Waals surface area contributed by atoms with E-state index in [2.05, 4.69) is 10.1 Å². The van der Waals surface area contributed by atoms with Crippen LogP contribution >= 0.6 is 0 Å². The summed E-state index contributed by atoms with van der Waals surface area (Å²) in [6.45, 7) is 10.8. The van der Waals surface area contributed by atoms with E-state index in [1.54, 1.807) is 20.8 Å². The minimum absolute atomic E-state index is 0.0232. The first-order valence-electron chi connectivity index (χ1n) is 6.16. The fraction of sp³-hybridized carbons (Fsp3) is 0.846. The van der Waals surface area contributed by atoms with Crippen molar-refractivity contribution in [1.29, 1.82) is 0 Å². The lowest BCUT2D eigenvalue weighted by Gasteiger charge is -2.25. The quantitative estimate of drug-likeness (QED) is 0.793. The second-order valence-corrected chi connectivity index (χ2v) is 6.15.